The second kappa shape index (κ2) is 9.26. The number of nitrogens with two attached hydrogens (primary N) is 1. The minimum absolute atomic E-state index is 0.598. The molecule has 158 valence electrons. The Bertz CT molecular complexity index is 1190. The molecule has 0 unspecified atom stereocenters. The molecular weight excluding hydrogens is 388 g/mol. The van der Waals surface area contributed by atoms with Gasteiger partial charge in [-0.2, -0.15) is 0 Å². The van der Waals surface area contributed by atoms with Gasteiger partial charge in [-0.15, -0.1) is 0 Å². The SMILES string of the molecule is COc1ccccc1CNc1ccc2nc(NCc3ccccc3OC)cc(N)c2c1. The van der Waals surface area contributed by atoms with Crippen LogP contribution in [0.2, 0.25) is 0 Å². The Kier molecular flexibility index (Phi) is 6.08. The quantitative estimate of drug-likeness (QED) is 0.374. The minimum atomic E-state index is 0.598. The summed E-state index contributed by atoms with van der Waals surface area (Å²) in [7, 11) is 3.35. The molecule has 4 aromatic rings. The minimum Gasteiger partial charge on any atom is -0.496 e. The number of ether oxygens (including phenoxy) is 2. The summed E-state index contributed by atoms with van der Waals surface area (Å²) >= 11 is 0. The van der Waals surface area contributed by atoms with Gasteiger partial charge in [-0.1, -0.05) is 36.4 Å². The van der Waals surface area contributed by atoms with E-state index in [0.717, 1.165) is 45.0 Å². The summed E-state index contributed by atoms with van der Waals surface area (Å²) in [4.78, 5) is 4.71. The highest BCUT2D eigenvalue weighted by atomic mass is 16.5. The van der Waals surface area contributed by atoms with Gasteiger partial charge in [0.2, 0.25) is 0 Å². The third-order valence-corrected chi connectivity index (χ3v) is 5.17. The van der Waals surface area contributed by atoms with Crippen molar-refractivity contribution in [2.45, 2.75) is 13.1 Å². The van der Waals surface area contributed by atoms with Gasteiger partial charge in [0.05, 0.1) is 19.7 Å². The van der Waals surface area contributed by atoms with Crippen LogP contribution in [0.4, 0.5) is 17.2 Å². The van der Waals surface area contributed by atoms with Crippen LogP contribution in [0.15, 0.2) is 72.8 Å². The van der Waals surface area contributed by atoms with Gasteiger partial charge in [0.25, 0.3) is 0 Å². The molecule has 1 aromatic heterocycles. The Morgan fingerprint density at radius 3 is 2.03 bits per heavy atom. The number of hydrogen-bond donors (Lipinski definition) is 3. The van der Waals surface area contributed by atoms with Crippen LogP contribution in [-0.4, -0.2) is 19.2 Å². The fourth-order valence-corrected chi connectivity index (χ4v) is 3.53. The molecule has 4 N–H and O–H groups in total. The first kappa shape index (κ1) is 20.3. The molecule has 31 heavy (non-hydrogen) atoms. The van der Waals surface area contributed by atoms with Crippen LogP contribution in [0, 0.1) is 0 Å². The zero-order valence-electron chi connectivity index (χ0n) is 17.7. The van der Waals surface area contributed by atoms with Crippen molar-refractivity contribution in [1.82, 2.24) is 4.98 Å². The van der Waals surface area contributed by atoms with E-state index in [1.807, 2.05) is 72.8 Å². The molecular formula is C25H26N4O2. The number of anilines is 3. The number of nitrogens with one attached hydrogen (secondary N) is 2. The molecule has 0 amide bonds. The lowest BCUT2D eigenvalue weighted by atomic mass is 10.1. The maximum absolute atomic E-state index is 6.35. The van der Waals surface area contributed by atoms with E-state index in [0.29, 0.717) is 18.8 Å². The van der Waals surface area contributed by atoms with Crippen molar-refractivity contribution < 1.29 is 9.47 Å². The number of nitrogen functional groups attached to an aromatic ring is 1. The molecule has 3 aromatic carbocycles. The smallest absolute Gasteiger partial charge is 0.128 e. The largest absolute Gasteiger partial charge is 0.496 e. The number of methoxy groups -OCH3 is 2. The average Bonchev–Trinajstić information content (AvgIpc) is 2.82. The van der Waals surface area contributed by atoms with Crippen LogP contribution < -0.4 is 25.8 Å². The van der Waals surface area contributed by atoms with Gasteiger partial charge < -0.3 is 25.8 Å². The van der Waals surface area contributed by atoms with E-state index >= 15 is 0 Å². The number of benzene rings is 3. The highest BCUT2D eigenvalue weighted by molar-refractivity contribution is 5.94. The lowest BCUT2D eigenvalue weighted by Gasteiger charge is -2.13. The normalized spacial score (nSPS) is 10.6. The Morgan fingerprint density at radius 2 is 1.39 bits per heavy atom. The number of fused-ring (bicyclic) bond motifs is 1. The first-order chi connectivity index (χ1) is 15.2. The van der Waals surface area contributed by atoms with Gasteiger partial charge in [0.15, 0.2) is 0 Å². The second-order valence-electron chi connectivity index (χ2n) is 7.16. The third kappa shape index (κ3) is 4.64. The molecule has 6 nitrogen and oxygen atoms in total. The average molecular weight is 415 g/mol. The van der Waals surface area contributed by atoms with Crippen LogP contribution in [-0.2, 0) is 13.1 Å². The fourth-order valence-electron chi connectivity index (χ4n) is 3.53. The van der Waals surface area contributed by atoms with E-state index < -0.39 is 0 Å². The van der Waals surface area contributed by atoms with Crippen LogP contribution in [0.5, 0.6) is 11.5 Å². The molecule has 0 saturated carbocycles. The maximum Gasteiger partial charge on any atom is 0.128 e. The molecule has 0 atom stereocenters. The van der Waals surface area contributed by atoms with E-state index in [4.69, 9.17) is 20.2 Å². The molecule has 4 rings (SSSR count). The first-order valence-corrected chi connectivity index (χ1v) is 10.1. The predicted molar refractivity (Wildman–Crippen MR) is 127 cm³/mol. The molecule has 0 fully saturated rings. The van der Waals surface area contributed by atoms with E-state index in [-0.39, 0.29) is 0 Å². The Hall–Kier alpha value is -3.93. The summed E-state index contributed by atoms with van der Waals surface area (Å²) in [5.41, 5.74) is 11.0. The van der Waals surface area contributed by atoms with Crippen LogP contribution in [0.3, 0.4) is 0 Å². The maximum atomic E-state index is 6.35. The standard InChI is InChI=1S/C25H26N4O2/c1-30-23-9-5-3-7-17(23)15-27-19-11-12-22-20(13-19)21(26)14-25(29-22)28-16-18-8-4-6-10-24(18)31-2/h3-14,27H,15-16H2,1-2H3,(H3,26,28,29). The number of nitrogens with zero attached hydrogens (tertiary/aromatic N) is 1. The Labute approximate surface area is 182 Å². The summed E-state index contributed by atoms with van der Waals surface area (Å²) < 4.78 is 10.8. The topological polar surface area (TPSA) is 81.4 Å². The zero-order chi connectivity index (χ0) is 21.6. The van der Waals surface area contributed by atoms with Crippen molar-refractivity contribution >= 4 is 28.1 Å². The zero-order valence-corrected chi connectivity index (χ0v) is 17.7. The number of hydrogen-bond acceptors (Lipinski definition) is 6. The van der Waals surface area contributed by atoms with Crippen molar-refractivity contribution in [3.8, 4) is 11.5 Å². The van der Waals surface area contributed by atoms with Crippen LogP contribution in [0.1, 0.15) is 11.1 Å². The van der Waals surface area contributed by atoms with Gasteiger partial charge in [-0.25, -0.2) is 4.98 Å². The molecule has 0 radical (unpaired) electrons. The molecule has 1 heterocycles. The molecule has 0 saturated heterocycles. The van der Waals surface area contributed by atoms with Gasteiger partial charge >= 0.3 is 0 Å². The fraction of sp³-hybridized carbons (Fsp3) is 0.160. The van der Waals surface area contributed by atoms with Gasteiger partial charge in [-0.05, 0) is 30.3 Å². The monoisotopic (exact) mass is 414 g/mol. The molecule has 0 aliphatic heterocycles. The lowest BCUT2D eigenvalue weighted by Crippen LogP contribution is -2.05. The summed E-state index contributed by atoms with van der Waals surface area (Å²) in [6.07, 6.45) is 0. The Balaban J connectivity index is 1.50. The molecule has 0 aliphatic rings. The van der Waals surface area contributed by atoms with E-state index in [1.165, 1.54) is 0 Å². The number of para-hydroxylation sites is 2. The Morgan fingerprint density at radius 1 is 0.774 bits per heavy atom. The van der Waals surface area contributed by atoms with E-state index in [9.17, 15) is 0 Å². The van der Waals surface area contributed by atoms with Crippen molar-refractivity contribution in [3.63, 3.8) is 0 Å². The van der Waals surface area contributed by atoms with Gasteiger partial charge in [0, 0.05) is 47.0 Å². The number of pyridine rings is 1. The lowest BCUT2D eigenvalue weighted by molar-refractivity contribution is 0.410. The van der Waals surface area contributed by atoms with Crippen LogP contribution in [0.25, 0.3) is 10.9 Å². The number of rotatable bonds is 8. The molecule has 0 aliphatic carbocycles. The second-order valence-corrected chi connectivity index (χ2v) is 7.16. The van der Waals surface area contributed by atoms with Crippen molar-refractivity contribution in [2.75, 3.05) is 30.6 Å². The van der Waals surface area contributed by atoms with Crippen molar-refractivity contribution in [2.24, 2.45) is 0 Å². The first-order valence-electron chi connectivity index (χ1n) is 10.1. The van der Waals surface area contributed by atoms with Crippen LogP contribution >= 0.6 is 0 Å². The van der Waals surface area contributed by atoms with Gasteiger partial charge in [-0.3, -0.25) is 0 Å². The van der Waals surface area contributed by atoms with E-state index in [1.54, 1.807) is 14.2 Å². The number of aromatic nitrogens is 1. The summed E-state index contributed by atoms with van der Waals surface area (Å²) in [5.74, 6) is 2.43. The summed E-state index contributed by atoms with van der Waals surface area (Å²) in [6, 6.07) is 23.7. The molecule has 0 spiro atoms. The predicted octanol–water partition coefficient (Wildman–Crippen LogP) is 5.06. The van der Waals surface area contributed by atoms with Crippen molar-refractivity contribution in [3.05, 3.63) is 83.9 Å². The van der Waals surface area contributed by atoms with E-state index in [2.05, 4.69) is 10.6 Å². The third-order valence-electron chi connectivity index (χ3n) is 5.17. The molecule has 6 heteroatoms. The van der Waals surface area contributed by atoms with Crippen molar-refractivity contribution in [1.29, 1.82) is 0 Å². The summed E-state index contributed by atoms with van der Waals surface area (Å²) in [5, 5.41) is 7.69. The highest BCUT2D eigenvalue weighted by Crippen LogP contribution is 2.27. The van der Waals surface area contributed by atoms with Gasteiger partial charge in [0.1, 0.15) is 17.3 Å². The molecule has 0 bridgehead atoms. The highest BCUT2D eigenvalue weighted by Gasteiger charge is 2.07. The summed E-state index contributed by atoms with van der Waals surface area (Å²) in [6.45, 7) is 1.25.